The highest BCUT2D eigenvalue weighted by atomic mass is 32.2. The number of ether oxygens (including phenoxy) is 1. The summed E-state index contributed by atoms with van der Waals surface area (Å²) in [6.45, 7) is 2.11. The zero-order chi connectivity index (χ0) is 12.3. The summed E-state index contributed by atoms with van der Waals surface area (Å²) in [5.74, 6) is 1.84. The van der Waals surface area contributed by atoms with Gasteiger partial charge in [-0.05, 0) is 31.2 Å². The summed E-state index contributed by atoms with van der Waals surface area (Å²) in [5.41, 5.74) is 0.497. The first-order chi connectivity index (χ1) is 8.20. The van der Waals surface area contributed by atoms with E-state index >= 15 is 0 Å². The average Bonchev–Trinajstić information content (AvgIpc) is 2.71. The van der Waals surface area contributed by atoms with Crippen LogP contribution in [-0.4, -0.2) is 23.7 Å². The van der Waals surface area contributed by atoms with E-state index in [4.69, 9.17) is 4.74 Å². The summed E-state index contributed by atoms with van der Waals surface area (Å²) in [7, 11) is 1.65. The van der Waals surface area contributed by atoms with Crippen LogP contribution in [0.1, 0.15) is 13.3 Å². The van der Waals surface area contributed by atoms with Crippen molar-refractivity contribution < 1.29 is 4.74 Å². The number of nitrogens with one attached hydrogen (secondary N) is 1. The Balaban J connectivity index is 2.21. The van der Waals surface area contributed by atoms with Gasteiger partial charge >= 0.3 is 0 Å². The first-order valence-corrected chi connectivity index (χ1v) is 6.70. The van der Waals surface area contributed by atoms with Crippen LogP contribution in [0.4, 0.5) is 5.69 Å². The molecule has 90 valence electrons. The second-order valence-electron chi connectivity index (χ2n) is 4.20. The maximum Gasteiger partial charge on any atom is 0.137 e. The Morgan fingerprint density at radius 2 is 2.41 bits per heavy atom. The van der Waals surface area contributed by atoms with Crippen LogP contribution in [-0.2, 0) is 0 Å². The van der Waals surface area contributed by atoms with E-state index in [9.17, 15) is 5.26 Å². The molecule has 4 heteroatoms. The third-order valence-electron chi connectivity index (χ3n) is 3.19. The number of hydrogen-bond donors (Lipinski definition) is 1. The van der Waals surface area contributed by atoms with Crippen LogP contribution >= 0.6 is 11.8 Å². The van der Waals surface area contributed by atoms with E-state index in [0.29, 0.717) is 5.25 Å². The largest absolute Gasteiger partial charge is 0.497 e. The van der Waals surface area contributed by atoms with Crippen molar-refractivity contribution >= 4 is 17.4 Å². The normalized spacial score (nSPS) is 27.5. The number of methoxy groups -OCH3 is 1. The summed E-state index contributed by atoms with van der Waals surface area (Å²) in [5, 5.41) is 13.1. The van der Waals surface area contributed by atoms with Gasteiger partial charge in [-0.15, -0.1) is 0 Å². The topological polar surface area (TPSA) is 45.0 Å². The summed E-state index contributed by atoms with van der Waals surface area (Å²) in [6.07, 6.45) is 0.881. The molecule has 2 atom stereocenters. The lowest BCUT2D eigenvalue weighted by Crippen LogP contribution is -2.41. The molecule has 1 N–H and O–H groups in total. The van der Waals surface area contributed by atoms with Crippen molar-refractivity contribution in [3.8, 4) is 11.8 Å². The molecule has 1 saturated heterocycles. The van der Waals surface area contributed by atoms with Gasteiger partial charge in [0, 0.05) is 17.0 Å². The third-order valence-corrected chi connectivity index (χ3v) is 4.54. The van der Waals surface area contributed by atoms with Crippen LogP contribution in [0, 0.1) is 11.3 Å². The summed E-state index contributed by atoms with van der Waals surface area (Å²) >= 11 is 1.84. The monoisotopic (exact) mass is 248 g/mol. The number of nitrogens with zero attached hydrogens (tertiary/aromatic N) is 1. The molecule has 1 aromatic rings. The molecule has 1 aliphatic rings. The smallest absolute Gasteiger partial charge is 0.137 e. The van der Waals surface area contributed by atoms with Crippen LogP contribution in [0.5, 0.6) is 5.75 Å². The molecule has 0 saturated carbocycles. The van der Waals surface area contributed by atoms with Crippen LogP contribution in [0.2, 0.25) is 0 Å². The number of anilines is 1. The van der Waals surface area contributed by atoms with Crippen molar-refractivity contribution in [2.24, 2.45) is 0 Å². The first-order valence-electron chi connectivity index (χ1n) is 5.65. The molecule has 3 nitrogen and oxygen atoms in total. The third kappa shape index (κ3) is 2.34. The van der Waals surface area contributed by atoms with Crippen LogP contribution in [0.15, 0.2) is 24.3 Å². The minimum absolute atomic E-state index is 0.304. The Kier molecular flexibility index (Phi) is 3.49. The molecule has 1 fully saturated rings. The zero-order valence-corrected chi connectivity index (χ0v) is 10.9. The predicted molar refractivity (Wildman–Crippen MR) is 71.5 cm³/mol. The van der Waals surface area contributed by atoms with E-state index in [-0.39, 0.29) is 0 Å². The molecular formula is C13H16N2OS. The van der Waals surface area contributed by atoms with Crippen molar-refractivity contribution in [3.63, 3.8) is 0 Å². The summed E-state index contributed by atoms with van der Waals surface area (Å²) in [6, 6.07) is 10.2. The highest BCUT2D eigenvalue weighted by Crippen LogP contribution is 2.38. The molecule has 0 radical (unpaired) electrons. The molecule has 1 aromatic carbocycles. The molecule has 0 aliphatic carbocycles. The maximum absolute atomic E-state index is 9.42. The van der Waals surface area contributed by atoms with Gasteiger partial charge in [-0.1, -0.05) is 6.07 Å². The predicted octanol–water partition coefficient (Wildman–Crippen LogP) is 2.89. The fourth-order valence-corrected chi connectivity index (χ4v) is 3.35. The molecule has 2 rings (SSSR count). The van der Waals surface area contributed by atoms with Gasteiger partial charge in [0.15, 0.2) is 0 Å². The van der Waals surface area contributed by atoms with Gasteiger partial charge in [0.25, 0.3) is 0 Å². The van der Waals surface area contributed by atoms with Crippen molar-refractivity contribution in [1.29, 1.82) is 5.26 Å². The van der Waals surface area contributed by atoms with Gasteiger partial charge in [-0.3, -0.25) is 0 Å². The SMILES string of the molecule is COc1cccc(NC2(C#N)CCSC2C)c1. The molecular weight excluding hydrogens is 232 g/mol. The molecule has 0 amide bonds. The number of thioether (sulfide) groups is 1. The second-order valence-corrected chi connectivity index (χ2v) is 5.65. The molecule has 2 unspecified atom stereocenters. The first kappa shape index (κ1) is 12.1. The summed E-state index contributed by atoms with van der Waals surface area (Å²) < 4.78 is 5.18. The Morgan fingerprint density at radius 1 is 1.59 bits per heavy atom. The lowest BCUT2D eigenvalue weighted by Gasteiger charge is -2.27. The van der Waals surface area contributed by atoms with E-state index in [0.717, 1.165) is 23.6 Å². The van der Waals surface area contributed by atoms with Gasteiger partial charge in [-0.2, -0.15) is 17.0 Å². The molecule has 17 heavy (non-hydrogen) atoms. The minimum Gasteiger partial charge on any atom is -0.497 e. The van der Waals surface area contributed by atoms with E-state index in [1.807, 2.05) is 36.0 Å². The van der Waals surface area contributed by atoms with Crippen molar-refractivity contribution in [1.82, 2.24) is 0 Å². The van der Waals surface area contributed by atoms with Crippen LogP contribution in [0.3, 0.4) is 0 Å². The lowest BCUT2D eigenvalue weighted by atomic mass is 9.94. The lowest BCUT2D eigenvalue weighted by molar-refractivity contribution is 0.415. The Labute approximate surface area is 106 Å². The van der Waals surface area contributed by atoms with E-state index in [1.165, 1.54) is 0 Å². The number of rotatable bonds is 3. The van der Waals surface area contributed by atoms with Crippen molar-refractivity contribution in [2.75, 3.05) is 18.2 Å². The molecule has 0 aromatic heterocycles. The number of nitriles is 1. The highest BCUT2D eigenvalue weighted by Gasteiger charge is 2.41. The Hall–Kier alpha value is -1.34. The van der Waals surface area contributed by atoms with Gasteiger partial charge in [0.05, 0.1) is 13.2 Å². The zero-order valence-electron chi connectivity index (χ0n) is 10.1. The molecule has 1 aliphatic heterocycles. The molecule has 1 heterocycles. The van der Waals surface area contributed by atoms with Gasteiger partial charge in [-0.25, -0.2) is 0 Å². The minimum atomic E-state index is -0.447. The second kappa shape index (κ2) is 4.89. The number of benzene rings is 1. The van der Waals surface area contributed by atoms with Gasteiger partial charge in [0.1, 0.15) is 11.3 Å². The Morgan fingerprint density at radius 3 is 3.00 bits per heavy atom. The van der Waals surface area contributed by atoms with Gasteiger partial charge < -0.3 is 10.1 Å². The van der Waals surface area contributed by atoms with Gasteiger partial charge in [0.2, 0.25) is 0 Å². The number of hydrogen-bond acceptors (Lipinski definition) is 4. The average molecular weight is 248 g/mol. The molecule has 0 bridgehead atoms. The quantitative estimate of drug-likeness (QED) is 0.893. The van der Waals surface area contributed by atoms with E-state index in [1.54, 1.807) is 7.11 Å². The fourth-order valence-electron chi connectivity index (χ4n) is 2.04. The highest BCUT2D eigenvalue weighted by molar-refractivity contribution is 8.00. The summed E-state index contributed by atoms with van der Waals surface area (Å²) in [4.78, 5) is 0. The van der Waals surface area contributed by atoms with Crippen LogP contribution < -0.4 is 10.1 Å². The van der Waals surface area contributed by atoms with E-state index < -0.39 is 5.54 Å². The van der Waals surface area contributed by atoms with E-state index in [2.05, 4.69) is 18.3 Å². The van der Waals surface area contributed by atoms with Crippen molar-refractivity contribution in [2.45, 2.75) is 24.1 Å². The fraction of sp³-hybridized carbons (Fsp3) is 0.462. The Bertz CT molecular complexity index is 443. The molecule has 0 spiro atoms. The maximum atomic E-state index is 9.42. The van der Waals surface area contributed by atoms with Crippen molar-refractivity contribution in [3.05, 3.63) is 24.3 Å². The standard InChI is InChI=1S/C13H16N2OS/c1-10-13(9-14,6-7-17-10)15-11-4-3-5-12(8-11)16-2/h3-5,8,10,15H,6-7H2,1-2H3. The van der Waals surface area contributed by atoms with Crippen LogP contribution in [0.25, 0.3) is 0 Å².